The second kappa shape index (κ2) is 11.0. The van der Waals surface area contributed by atoms with Crippen molar-refractivity contribution in [1.82, 2.24) is 4.57 Å². The largest absolute Gasteiger partial charge is 0.465 e. The quantitative estimate of drug-likeness (QED) is 0.285. The molecule has 5 aromatic rings. The van der Waals surface area contributed by atoms with Crippen LogP contribution in [0.25, 0.3) is 17.4 Å². The Labute approximate surface area is 242 Å². The van der Waals surface area contributed by atoms with Gasteiger partial charge in [-0.3, -0.25) is 14.2 Å². The molecule has 1 N–H and O–H groups in total. The number of thiophene rings is 1. The summed E-state index contributed by atoms with van der Waals surface area (Å²) in [6, 6.07) is 22.8. The lowest BCUT2D eigenvalue weighted by molar-refractivity contribution is -0.113. The van der Waals surface area contributed by atoms with E-state index in [1.54, 1.807) is 54.0 Å². The highest BCUT2D eigenvalue weighted by Crippen LogP contribution is 2.33. The Morgan fingerprint density at radius 3 is 2.56 bits per heavy atom. The molecular formula is C31H23N3O5S2. The topological polar surface area (TPSA) is 103 Å². The predicted octanol–water partition coefficient (Wildman–Crippen LogP) is 4.98. The Morgan fingerprint density at radius 1 is 1.02 bits per heavy atom. The molecule has 0 saturated heterocycles. The van der Waals surface area contributed by atoms with Crippen molar-refractivity contribution in [3.05, 3.63) is 131 Å². The first-order valence-electron chi connectivity index (χ1n) is 12.6. The molecule has 10 heteroatoms. The summed E-state index contributed by atoms with van der Waals surface area (Å²) in [5.41, 5.74) is 2.30. The number of ether oxygens (including phenoxy) is 1. The van der Waals surface area contributed by atoms with Crippen LogP contribution in [-0.2, 0) is 9.53 Å². The molecule has 3 aromatic heterocycles. The summed E-state index contributed by atoms with van der Waals surface area (Å²) in [6.07, 6.45) is 1.66. The number of anilines is 1. The number of para-hydroxylation sites is 1. The van der Waals surface area contributed by atoms with Crippen molar-refractivity contribution in [2.45, 2.75) is 13.0 Å². The van der Waals surface area contributed by atoms with Crippen molar-refractivity contribution in [2.75, 3.05) is 12.4 Å². The normalized spacial score (nSPS) is 14.9. The molecular weight excluding hydrogens is 558 g/mol. The molecule has 0 saturated carbocycles. The van der Waals surface area contributed by atoms with Crippen LogP contribution in [0.1, 0.15) is 34.0 Å². The van der Waals surface area contributed by atoms with E-state index in [0.717, 1.165) is 4.88 Å². The lowest BCUT2D eigenvalue weighted by Crippen LogP contribution is -2.40. The van der Waals surface area contributed by atoms with Crippen LogP contribution in [0.15, 0.2) is 110 Å². The number of methoxy groups -OCH3 is 1. The van der Waals surface area contributed by atoms with Gasteiger partial charge in [-0.15, -0.1) is 11.3 Å². The first-order chi connectivity index (χ1) is 19.9. The first kappa shape index (κ1) is 26.4. The van der Waals surface area contributed by atoms with E-state index in [1.165, 1.54) is 29.8 Å². The number of esters is 1. The number of hydrogen-bond donors (Lipinski definition) is 1. The number of carbonyl (C=O) groups excluding carboxylic acids is 2. The SMILES string of the molecule is COC(=O)c1ccccc1-c1ccc(/C=c2/sc3n(c2=O)[C@@H](c2cccs2)C(C(=O)Nc2ccccc2)=C(C)N=3)o1. The molecule has 0 fully saturated rings. The van der Waals surface area contributed by atoms with E-state index in [-0.39, 0.29) is 11.5 Å². The Balaban J connectivity index is 1.42. The van der Waals surface area contributed by atoms with Crippen molar-refractivity contribution >= 4 is 46.3 Å². The van der Waals surface area contributed by atoms with Crippen LogP contribution in [-0.4, -0.2) is 23.6 Å². The molecule has 1 aliphatic rings. The summed E-state index contributed by atoms with van der Waals surface area (Å²) < 4.78 is 12.9. The zero-order valence-corrected chi connectivity index (χ0v) is 23.6. The van der Waals surface area contributed by atoms with E-state index in [1.807, 2.05) is 47.8 Å². The maximum atomic E-state index is 13.8. The monoisotopic (exact) mass is 581 g/mol. The molecule has 1 aliphatic heterocycles. The highest BCUT2D eigenvalue weighted by Gasteiger charge is 2.33. The van der Waals surface area contributed by atoms with Gasteiger partial charge < -0.3 is 14.5 Å². The molecule has 204 valence electrons. The second-order valence-electron chi connectivity index (χ2n) is 9.16. The molecule has 0 radical (unpaired) electrons. The number of benzene rings is 2. The summed E-state index contributed by atoms with van der Waals surface area (Å²) >= 11 is 2.70. The minimum Gasteiger partial charge on any atom is -0.465 e. The highest BCUT2D eigenvalue weighted by atomic mass is 32.1. The third-order valence-electron chi connectivity index (χ3n) is 6.61. The fraction of sp³-hybridized carbons (Fsp3) is 0.0968. The molecule has 8 nitrogen and oxygen atoms in total. The third kappa shape index (κ3) is 4.99. The maximum absolute atomic E-state index is 13.8. The zero-order chi connectivity index (χ0) is 28.5. The Bertz CT molecular complexity index is 1980. The summed E-state index contributed by atoms with van der Waals surface area (Å²) in [7, 11) is 1.33. The number of hydrogen-bond acceptors (Lipinski definition) is 8. The molecule has 0 aliphatic carbocycles. The van der Waals surface area contributed by atoms with Gasteiger partial charge in [0.2, 0.25) is 0 Å². The summed E-state index contributed by atoms with van der Waals surface area (Å²) in [4.78, 5) is 45.6. The van der Waals surface area contributed by atoms with Gasteiger partial charge >= 0.3 is 5.97 Å². The number of aromatic nitrogens is 1. The summed E-state index contributed by atoms with van der Waals surface area (Å²) in [5.74, 6) is 0.126. The zero-order valence-electron chi connectivity index (χ0n) is 22.0. The van der Waals surface area contributed by atoms with Crippen molar-refractivity contribution in [3.63, 3.8) is 0 Å². The molecule has 2 aromatic carbocycles. The molecule has 1 amide bonds. The minimum absolute atomic E-state index is 0.280. The fourth-order valence-electron chi connectivity index (χ4n) is 4.74. The average Bonchev–Trinajstić information content (AvgIpc) is 3.74. The van der Waals surface area contributed by atoms with Crippen LogP contribution in [0.2, 0.25) is 0 Å². The maximum Gasteiger partial charge on any atom is 0.338 e. The van der Waals surface area contributed by atoms with Gasteiger partial charge in [0, 0.05) is 22.2 Å². The number of furan rings is 1. The number of amides is 1. The predicted molar refractivity (Wildman–Crippen MR) is 159 cm³/mol. The van der Waals surface area contributed by atoms with E-state index >= 15 is 0 Å². The average molecular weight is 582 g/mol. The summed E-state index contributed by atoms with van der Waals surface area (Å²) in [5, 5.41) is 4.87. The van der Waals surface area contributed by atoms with Gasteiger partial charge in [0.1, 0.15) is 17.6 Å². The first-order valence-corrected chi connectivity index (χ1v) is 14.3. The van der Waals surface area contributed by atoms with Crippen molar-refractivity contribution in [3.8, 4) is 11.3 Å². The lowest BCUT2D eigenvalue weighted by Gasteiger charge is -2.24. The van der Waals surface area contributed by atoms with Crippen LogP contribution in [0.3, 0.4) is 0 Å². The fourth-order valence-corrected chi connectivity index (χ4v) is 6.59. The Morgan fingerprint density at radius 2 is 1.80 bits per heavy atom. The number of rotatable bonds is 6. The molecule has 0 spiro atoms. The summed E-state index contributed by atoms with van der Waals surface area (Å²) in [6.45, 7) is 1.79. The van der Waals surface area contributed by atoms with Crippen LogP contribution in [0.4, 0.5) is 5.69 Å². The van der Waals surface area contributed by atoms with E-state index in [0.29, 0.717) is 48.9 Å². The number of fused-ring (bicyclic) bond motifs is 1. The van der Waals surface area contributed by atoms with Crippen molar-refractivity contribution in [1.29, 1.82) is 0 Å². The number of thiazole rings is 1. The van der Waals surface area contributed by atoms with Crippen molar-refractivity contribution < 1.29 is 18.7 Å². The van der Waals surface area contributed by atoms with Crippen LogP contribution >= 0.6 is 22.7 Å². The standard InChI is InChI=1S/C31H23N3O5S2/c1-18-26(28(35)33-19-9-4-3-5-10-19)27(24-13-8-16-40-24)34-29(36)25(41-31(34)32-18)17-20-14-15-23(39-20)21-11-6-7-12-22(21)30(37)38-2/h3-17,27H,1-2H3,(H,33,35)/b25-17+/t27-/m0/s1. The van der Waals surface area contributed by atoms with Gasteiger partial charge in [-0.25, -0.2) is 9.79 Å². The lowest BCUT2D eigenvalue weighted by atomic mass is 10.0. The van der Waals surface area contributed by atoms with Crippen LogP contribution in [0, 0.1) is 0 Å². The Hall–Kier alpha value is -4.80. The van der Waals surface area contributed by atoms with Crippen LogP contribution < -0.4 is 20.2 Å². The minimum atomic E-state index is -0.629. The van der Waals surface area contributed by atoms with Gasteiger partial charge in [0.25, 0.3) is 11.5 Å². The number of allylic oxidation sites excluding steroid dienone is 1. The van der Waals surface area contributed by atoms with Gasteiger partial charge in [-0.2, -0.15) is 0 Å². The smallest absolute Gasteiger partial charge is 0.338 e. The van der Waals surface area contributed by atoms with E-state index < -0.39 is 12.0 Å². The molecule has 1 atom stereocenters. The second-order valence-corrected chi connectivity index (χ2v) is 11.1. The van der Waals surface area contributed by atoms with Crippen LogP contribution in [0.5, 0.6) is 0 Å². The number of nitrogens with zero attached hydrogens (tertiary/aromatic N) is 2. The molecule has 0 unspecified atom stereocenters. The number of carbonyl (C=O) groups is 2. The van der Waals surface area contributed by atoms with Gasteiger partial charge in [-0.05, 0) is 48.7 Å². The van der Waals surface area contributed by atoms with Gasteiger partial charge in [-0.1, -0.05) is 53.8 Å². The van der Waals surface area contributed by atoms with E-state index in [9.17, 15) is 14.4 Å². The molecule has 41 heavy (non-hydrogen) atoms. The van der Waals surface area contributed by atoms with E-state index in [4.69, 9.17) is 9.15 Å². The Kier molecular flexibility index (Phi) is 7.08. The van der Waals surface area contributed by atoms with Gasteiger partial charge in [0.05, 0.1) is 28.5 Å². The molecule has 6 rings (SSSR count). The van der Waals surface area contributed by atoms with Gasteiger partial charge in [0.15, 0.2) is 4.80 Å². The van der Waals surface area contributed by atoms with E-state index in [2.05, 4.69) is 10.3 Å². The number of nitrogens with one attached hydrogen (secondary N) is 1. The highest BCUT2D eigenvalue weighted by molar-refractivity contribution is 7.10. The molecule has 4 heterocycles. The third-order valence-corrected chi connectivity index (χ3v) is 8.52. The molecule has 0 bridgehead atoms. The van der Waals surface area contributed by atoms with Crippen molar-refractivity contribution in [2.24, 2.45) is 4.99 Å².